The predicted molar refractivity (Wildman–Crippen MR) is 85.3 cm³/mol. The van der Waals surface area contributed by atoms with E-state index in [1.165, 1.54) is 12.1 Å². The van der Waals surface area contributed by atoms with Crippen molar-refractivity contribution in [1.29, 1.82) is 0 Å². The normalized spacial score (nSPS) is 15.5. The first-order valence-corrected chi connectivity index (χ1v) is 7.75. The summed E-state index contributed by atoms with van der Waals surface area (Å²) in [4.78, 5) is 24.2. The molecule has 0 fully saturated rings. The number of rotatable bonds is 2. The molecular weight excluding hydrogens is 311 g/mol. The molecule has 0 saturated heterocycles. The van der Waals surface area contributed by atoms with E-state index in [-0.39, 0.29) is 12.5 Å². The van der Waals surface area contributed by atoms with Gasteiger partial charge in [-0.3, -0.25) is 4.79 Å². The first-order chi connectivity index (χ1) is 11.6. The third-order valence-corrected chi connectivity index (χ3v) is 4.37. The maximum Gasteiger partial charge on any atom is 0.338 e. The molecule has 2 aromatic rings. The third kappa shape index (κ3) is 2.55. The second-order valence-electron chi connectivity index (χ2n) is 5.92. The highest BCUT2D eigenvalue weighted by Crippen LogP contribution is 2.25. The van der Waals surface area contributed by atoms with Crippen molar-refractivity contribution in [3.63, 3.8) is 0 Å². The lowest BCUT2D eigenvalue weighted by molar-refractivity contribution is 0.0535. The molecule has 0 aliphatic carbocycles. The topological polar surface area (TPSA) is 67.4 Å². The molecule has 2 N–H and O–H groups in total. The van der Waals surface area contributed by atoms with Crippen LogP contribution in [0.15, 0.2) is 30.3 Å². The molecule has 2 aliphatic heterocycles. The van der Waals surface area contributed by atoms with Gasteiger partial charge in [-0.15, -0.1) is 0 Å². The van der Waals surface area contributed by atoms with Gasteiger partial charge >= 0.3 is 5.97 Å². The summed E-state index contributed by atoms with van der Waals surface area (Å²) in [6.45, 7) is 1.56. The summed E-state index contributed by atoms with van der Waals surface area (Å²) in [5, 5.41) is 5.92. The van der Waals surface area contributed by atoms with Crippen LogP contribution in [0.4, 0.5) is 10.1 Å². The van der Waals surface area contributed by atoms with Crippen molar-refractivity contribution in [2.75, 3.05) is 11.9 Å². The number of esters is 1. The van der Waals surface area contributed by atoms with Crippen LogP contribution >= 0.6 is 0 Å². The highest BCUT2D eigenvalue weighted by Gasteiger charge is 2.23. The molecule has 2 heterocycles. The number of anilines is 1. The van der Waals surface area contributed by atoms with Crippen molar-refractivity contribution < 1.29 is 18.7 Å². The summed E-state index contributed by atoms with van der Waals surface area (Å²) in [6, 6.07) is 7.79. The van der Waals surface area contributed by atoms with Crippen LogP contribution in [0.1, 0.15) is 37.4 Å². The van der Waals surface area contributed by atoms with E-state index < -0.39 is 11.8 Å². The SMILES string of the molecule is O=C1OCc2ccc(NC(=O)c3cc(F)cc4c3CCNC4)cc21. The standard InChI is InChI=1S/C18H15FN2O3/c19-12-5-11-8-20-4-3-14(11)16(6-12)17(22)21-13-2-1-10-9-24-18(23)15(10)7-13/h1-2,5-7,20H,3-4,8-9H2,(H,21,22). The molecule has 0 saturated carbocycles. The van der Waals surface area contributed by atoms with Gasteiger partial charge in [0.1, 0.15) is 12.4 Å². The highest BCUT2D eigenvalue weighted by molar-refractivity contribution is 6.06. The second-order valence-corrected chi connectivity index (χ2v) is 5.92. The largest absolute Gasteiger partial charge is 0.457 e. The fourth-order valence-electron chi connectivity index (χ4n) is 3.17. The molecule has 122 valence electrons. The summed E-state index contributed by atoms with van der Waals surface area (Å²) in [5.74, 6) is -1.20. The Morgan fingerprint density at radius 3 is 2.96 bits per heavy atom. The fourth-order valence-corrected chi connectivity index (χ4v) is 3.17. The first-order valence-electron chi connectivity index (χ1n) is 7.75. The average Bonchev–Trinajstić information content (AvgIpc) is 2.95. The molecular formula is C18H15FN2O3. The van der Waals surface area contributed by atoms with Gasteiger partial charge < -0.3 is 15.4 Å². The number of fused-ring (bicyclic) bond motifs is 2. The summed E-state index contributed by atoms with van der Waals surface area (Å²) in [7, 11) is 0. The number of halogens is 1. The van der Waals surface area contributed by atoms with Crippen molar-refractivity contribution in [2.45, 2.75) is 19.6 Å². The lowest BCUT2D eigenvalue weighted by Crippen LogP contribution is -2.27. The van der Waals surface area contributed by atoms with Crippen molar-refractivity contribution in [1.82, 2.24) is 5.32 Å². The number of nitrogens with one attached hydrogen (secondary N) is 2. The molecule has 0 aromatic heterocycles. The molecule has 4 rings (SSSR count). The van der Waals surface area contributed by atoms with E-state index in [4.69, 9.17) is 4.74 Å². The second kappa shape index (κ2) is 5.72. The number of carbonyl (C=O) groups is 2. The van der Waals surface area contributed by atoms with Crippen molar-refractivity contribution in [3.05, 3.63) is 64.0 Å². The Morgan fingerprint density at radius 2 is 2.08 bits per heavy atom. The zero-order valence-electron chi connectivity index (χ0n) is 12.8. The zero-order chi connectivity index (χ0) is 16.7. The molecule has 0 spiro atoms. The van der Waals surface area contributed by atoms with E-state index >= 15 is 0 Å². The average molecular weight is 326 g/mol. The number of amides is 1. The molecule has 0 atom stereocenters. The third-order valence-electron chi connectivity index (χ3n) is 4.37. The molecule has 0 radical (unpaired) electrons. The van der Waals surface area contributed by atoms with E-state index in [1.54, 1.807) is 18.2 Å². The quantitative estimate of drug-likeness (QED) is 0.832. The Bertz CT molecular complexity index is 864. The molecule has 0 bridgehead atoms. The van der Waals surface area contributed by atoms with Crippen LogP contribution in [0.5, 0.6) is 0 Å². The fraction of sp³-hybridized carbons (Fsp3) is 0.222. The Kier molecular flexibility index (Phi) is 3.54. The summed E-state index contributed by atoms with van der Waals surface area (Å²) < 4.78 is 18.8. The van der Waals surface area contributed by atoms with Gasteiger partial charge in [-0.2, -0.15) is 0 Å². The number of cyclic esters (lactones) is 1. The number of hydrogen-bond donors (Lipinski definition) is 2. The molecule has 2 aliphatic rings. The monoisotopic (exact) mass is 326 g/mol. The Labute approximate surface area is 137 Å². The minimum Gasteiger partial charge on any atom is -0.457 e. The van der Waals surface area contributed by atoms with Crippen LogP contribution < -0.4 is 10.6 Å². The van der Waals surface area contributed by atoms with Crippen LogP contribution in [0.25, 0.3) is 0 Å². The van der Waals surface area contributed by atoms with E-state index in [2.05, 4.69) is 10.6 Å². The lowest BCUT2D eigenvalue weighted by atomic mass is 9.94. The Balaban J connectivity index is 1.65. The molecule has 2 aromatic carbocycles. The van der Waals surface area contributed by atoms with Crippen LogP contribution in [0.3, 0.4) is 0 Å². The van der Waals surface area contributed by atoms with Gasteiger partial charge in [0.15, 0.2) is 0 Å². The highest BCUT2D eigenvalue weighted by atomic mass is 19.1. The van der Waals surface area contributed by atoms with E-state index in [1.807, 2.05) is 0 Å². The number of hydrogen-bond acceptors (Lipinski definition) is 4. The van der Waals surface area contributed by atoms with Gasteiger partial charge in [-0.1, -0.05) is 6.07 Å². The number of benzene rings is 2. The van der Waals surface area contributed by atoms with Crippen molar-refractivity contribution in [3.8, 4) is 0 Å². The number of carbonyl (C=O) groups excluding carboxylic acids is 2. The Morgan fingerprint density at radius 1 is 1.21 bits per heavy atom. The number of ether oxygens (including phenoxy) is 1. The maximum atomic E-state index is 13.8. The zero-order valence-corrected chi connectivity index (χ0v) is 12.8. The van der Waals surface area contributed by atoms with Crippen molar-refractivity contribution >= 4 is 17.6 Å². The predicted octanol–water partition coefficient (Wildman–Crippen LogP) is 2.39. The first kappa shape index (κ1) is 14.8. The van der Waals surface area contributed by atoms with E-state index in [0.717, 1.165) is 23.2 Å². The summed E-state index contributed by atoms with van der Waals surface area (Å²) in [5.41, 5.74) is 3.77. The molecule has 5 nitrogen and oxygen atoms in total. The Hall–Kier alpha value is -2.73. The van der Waals surface area contributed by atoms with Crippen molar-refractivity contribution in [2.24, 2.45) is 0 Å². The lowest BCUT2D eigenvalue weighted by Gasteiger charge is -2.20. The summed E-state index contributed by atoms with van der Waals surface area (Å²) >= 11 is 0. The van der Waals surface area contributed by atoms with Gasteiger partial charge in [0, 0.05) is 23.4 Å². The molecule has 0 unspecified atom stereocenters. The van der Waals surface area contributed by atoms with Gasteiger partial charge in [0.05, 0.1) is 5.56 Å². The molecule has 6 heteroatoms. The molecule has 1 amide bonds. The summed E-state index contributed by atoms with van der Waals surface area (Å²) in [6.07, 6.45) is 0.675. The smallest absolute Gasteiger partial charge is 0.338 e. The van der Waals surface area contributed by atoms with Gasteiger partial charge in [-0.25, -0.2) is 9.18 Å². The minimum absolute atomic E-state index is 0.257. The van der Waals surface area contributed by atoms with E-state index in [9.17, 15) is 14.0 Å². The van der Waals surface area contributed by atoms with Crippen LogP contribution in [-0.4, -0.2) is 18.4 Å². The van der Waals surface area contributed by atoms with Gasteiger partial charge in [0.25, 0.3) is 5.91 Å². The molecule has 24 heavy (non-hydrogen) atoms. The minimum atomic E-state index is -0.430. The van der Waals surface area contributed by atoms with Crippen LogP contribution in [0.2, 0.25) is 0 Å². The van der Waals surface area contributed by atoms with Crippen LogP contribution in [-0.2, 0) is 24.3 Å². The van der Waals surface area contributed by atoms with E-state index in [0.29, 0.717) is 29.8 Å². The van der Waals surface area contributed by atoms with Gasteiger partial charge in [-0.05, 0) is 48.4 Å². The van der Waals surface area contributed by atoms with Crippen LogP contribution in [0, 0.1) is 5.82 Å². The van der Waals surface area contributed by atoms with Gasteiger partial charge in [0.2, 0.25) is 0 Å². The maximum absolute atomic E-state index is 13.8.